The van der Waals surface area contributed by atoms with Crippen LogP contribution in [0.5, 0.6) is 0 Å². The topological polar surface area (TPSA) is 102 Å². The minimum Gasteiger partial charge on any atom is -0.396 e. The van der Waals surface area contributed by atoms with Crippen molar-refractivity contribution >= 4 is 33.1 Å². The van der Waals surface area contributed by atoms with Crippen molar-refractivity contribution in [2.45, 2.75) is 23.8 Å². The number of rotatable bonds is 7. The summed E-state index contributed by atoms with van der Waals surface area (Å²) in [5.74, 6) is 0. The predicted octanol–water partition coefficient (Wildman–Crippen LogP) is 2.32. The van der Waals surface area contributed by atoms with Crippen LogP contribution in [0.2, 0.25) is 0 Å². The second kappa shape index (κ2) is 10.4. The van der Waals surface area contributed by atoms with Crippen molar-refractivity contribution < 1.29 is 18.3 Å². The van der Waals surface area contributed by atoms with E-state index in [4.69, 9.17) is 0 Å². The van der Waals surface area contributed by atoms with Crippen LogP contribution in [-0.2, 0) is 10.0 Å². The van der Waals surface area contributed by atoms with E-state index in [0.29, 0.717) is 31.7 Å². The second-order valence-corrected chi connectivity index (χ2v) is 10.2. The van der Waals surface area contributed by atoms with Crippen LogP contribution < -0.4 is 10.6 Å². The summed E-state index contributed by atoms with van der Waals surface area (Å²) in [7, 11) is -1.65. The molecule has 1 unspecified atom stereocenters. The Morgan fingerprint density at radius 1 is 1.20 bits per heavy atom. The third-order valence-electron chi connectivity index (χ3n) is 5.02. The van der Waals surface area contributed by atoms with E-state index >= 15 is 0 Å². The van der Waals surface area contributed by atoms with Crippen molar-refractivity contribution in [3.8, 4) is 0 Å². The third-order valence-corrected chi connectivity index (χ3v) is 7.90. The maximum Gasteiger partial charge on any atom is 0.319 e. The Balaban J connectivity index is 1.69. The monoisotopic (exact) mass is 452 g/mol. The number of nitrogens with zero attached hydrogens (tertiary/aromatic N) is 2. The zero-order valence-electron chi connectivity index (χ0n) is 17.0. The molecule has 2 aromatic rings. The Morgan fingerprint density at radius 3 is 2.77 bits per heavy atom. The number of nitrogens with one attached hydrogen (secondary N) is 2. The first-order chi connectivity index (χ1) is 14.4. The highest BCUT2D eigenvalue weighted by Gasteiger charge is 2.26. The molecule has 164 valence electrons. The standard InChI is InChI=1S/C20H28N4O4S2/c1-23-9-4-10-24(12-11-23)30(27,28)17-6-2-5-16(15-17)21-20(26)22-18(8-13-25)19-7-3-14-29-19/h2-3,5-7,14-15,18,25H,4,8-13H2,1H3,(H2,21,22,26). The molecule has 1 aliphatic heterocycles. The molecule has 30 heavy (non-hydrogen) atoms. The largest absolute Gasteiger partial charge is 0.396 e. The lowest BCUT2D eigenvalue weighted by Gasteiger charge is -2.21. The number of hydrogen-bond donors (Lipinski definition) is 3. The number of hydrogen-bond acceptors (Lipinski definition) is 6. The van der Waals surface area contributed by atoms with Gasteiger partial charge in [-0.3, -0.25) is 0 Å². The molecule has 10 heteroatoms. The molecule has 1 aliphatic rings. The molecular weight excluding hydrogens is 424 g/mol. The summed E-state index contributed by atoms with van der Waals surface area (Å²) >= 11 is 1.50. The number of thiophene rings is 1. The van der Waals surface area contributed by atoms with E-state index in [1.165, 1.54) is 21.7 Å². The normalized spacial score (nSPS) is 17.3. The van der Waals surface area contributed by atoms with E-state index in [0.717, 1.165) is 17.8 Å². The van der Waals surface area contributed by atoms with Crippen molar-refractivity contribution in [3.63, 3.8) is 0 Å². The highest BCUT2D eigenvalue weighted by molar-refractivity contribution is 7.89. The molecule has 3 rings (SSSR count). The van der Waals surface area contributed by atoms with E-state index in [1.54, 1.807) is 18.2 Å². The van der Waals surface area contributed by atoms with Gasteiger partial charge in [0.15, 0.2) is 0 Å². The number of aliphatic hydroxyl groups excluding tert-OH is 1. The molecule has 0 saturated carbocycles. The molecular formula is C20H28N4O4S2. The van der Waals surface area contributed by atoms with E-state index < -0.39 is 16.1 Å². The number of carbonyl (C=O) groups is 1. The Labute approximate surface area is 181 Å². The molecule has 1 fully saturated rings. The number of urea groups is 1. The number of sulfonamides is 1. The average Bonchev–Trinajstić information content (AvgIpc) is 3.16. The summed E-state index contributed by atoms with van der Waals surface area (Å²) in [5, 5.41) is 16.7. The van der Waals surface area contributed by atoms with Gasteiger partial charge < -0.3 is 20.6 Å². The fourth-order valence-electron chi connectivity index (χ4n) is 3.38. The van der Waals surface area contributed by atoms with Crippen molar-refractivity contribution in [1.29, 1.82) is 0 Å². The smallest absolute Gasteiger partial charge is 0.319 e. The van der Waals surface area contributed by atoms with Crippen LogP contribution in [0, 0.1) is 0 Å². The number of carbonyl (C=O) groups excluding carboxylic acids is 1. The van der Waals surface area contributed by atoms with Crippen LogP contribution in [0.15, 0.2) is 46.7 Å². The zero-order chi connectivity index (χ0) is 21.6. The Kier molecular flexibility index (Phi) is 7.84. The summed E-state index contributed by atoms with van der Waals surface area (Å²) in [6.45, 7) is 2.43. The van der Waals surface area contributed by atoms with Gasteiger partial charge in [-0.2, -0.15) is 4.31 Å². The fourth-order valence-corrected chi connectivity index (χ4v) is 5.70. The summed E-state index contributed by atoms with van der Waals surface area (Å²) in [6, 6.07) is 9.33. The highest BCUT2D eigenvalue weighted by atomic mass is 32.2. The van der Waals surface area contributed by atoms with Crippen molar-refractivity contribution in [2.75, 3.05) is 45.2 Å². The van der Waals surface area contributed by atoms with Gasteiger partial charge in [-0.05, 0) is 56.1 Å². The number of benzene rings is 1. The molecule has 0 bridgehead atoms. The quantitative estimate of drug-likeness (QED) is 0.598. The van der Waals surface area contributed by atoms with Crippen LogP contribution in [0.1, 0.15) is 23.8 Å². The lowest BCUT2D eigenvalue weighted by Crippen LogP contribution is -2.35. The van der Waals surface area contributed by atoms with Gasteiger partial charge in [-0.25, -0.2) is 13.2 Å². The van der Waals surface area contributed by atoms with Crippen molar-refractivity contribution in [1.82, 2.24) is 14.5 Å². The summed E-state index contributed by atoms with van der Waals surface area (Å²) in [6.07, 6.45) is 1.18. The lowest BCUT2D eigenvalue weighted by atomic mass is 10.2. The molecule has 1 atom stereocenters. The lowest BCUT2D eigenvalue weighted by molar-refractivity contribution is 0.239. The van der Waals surface area contributed by atoms with Gasteiger partial charge in [0.2, 0.25) is 10.0 Å². The number of likely N-dealkylation sites (N-methyl/N-ethyl adjacent to an activating group) is 1. The SMILES string of the molecule is CN1CCCN(S(=O)(=O)c2cccc(NC(=O)NC(CCO)c3cccs3)c2)CC1. The van der Waals surface area contributed by atoms with Crippen LogP contribution in [0.25, 0.3) is 0 Å². The van der Waals surface area contributed by atoms with Gasteiger partial charge in [-0.15, -0.1) is 11.3 Å². The van der Waals surface area contributed by atoms with E-state index in [-0.39, 0.29) is 17.5 Å². The van der Waals surface area contributed by atoms with E-state index in [2.05, 4.69) is 15.5 Å². The number of anilines is 1. The number of amides is 2. The maximum absolute atomic E-state index is 13.1. The first-order valence-corrected chi connectivity index (χ1v) is 12.2. The first kappa shape index (κ1) is 22.7. The Bertz CT molecular complexity index is 934. The van der Waals surface area contributed by atoms with Gasteiger partial charge in [-0.1, -0.05) is 12.1 Å². The van der Waals surface area contributed by atoms with Gasteiger partial charge >= 0.3 is 6.03 Å². The molecule has 8 nitrogen and oxygen atoms in total. The molecule has 1 aromatic carbocycles. The van der Waals surface area contributed by atoms with E-state index in [1.807, 2.05) is 24.6 Å². The number of aliphatic hydroxyl groups is 1. The molecule has 2 heterocycles. The maximum atomic E-state index is 13.1. The molecule has 2 amide bonds. The second-order valence-electron chi connectivity index (χ2n) is 7.27. The van der Waals surface area contributed by atoms with Gasteiger partial charge in [0.1, 0.15) is 0 Å². The fraction of sp³-hybridized carbons (Fsp3) is 0.450. The first-order valence-electron chi connectivity index (χ1n) is 9.90. The van der Waals surface area contributed by atoms with Gasteiger partial charge in [0, 0.05) is 36.8 Å². The molecule has 0 spiro atoms. The minimum absolute atomic E-state index is 0.0540. The summed E-state index contributed by atoms with van der Waals surface area (Å²) < 4.78 is 27.6. The minimum atomic E-state index is -3.63. The average molecular weight is 453 g/mol. The summed E-state index contributed by atoms with van der Waals surface area (Å²) in [5.41, 5.74) is 0.398. The molecule has 0 aliphatic carbocycles. The van der Waals surface area contributed by atoms with Gasteiger partial charge in [0.05, 0.1) is 10.9 Å². The van der Waals surface area contributed by atoms with Crippen LogP contribution in [0.3, 0.4) is 0 Å². The molecule has 3 N–H and O–H groups in total. The van der Waals surface area contributed by atoms with Crippen molar-refractivity contribution in [2.24, 2.45) is 0 Å². The van der Waals surface area contributed by atoms with Crippen LogP contribution in [0.4, 0.5) is 10.5 Å². The van der Waals surface area contributed by atoms with Crippen LogP contribution >= 0.6 is 11.3 Å². The third kappa shape index (κ3) is 5.79. The van der Waals surface area contributed by atoms with E-state index in [9.17, 15) is 18.3 Å². The van der Waals surface area contributed by atoms with Gasteiger partial charge in [0.25, 0.3) is 0 Å². The molecule has 0 radical (unpaired) electrons. The molecule has 1 aromatic heterocycles. The summed E-state index contributed by atoms with van der Waals surface area (Å²) in [4.78, 5) is 15.7. The zero-order valence-corrected chi connectivity index (χ0v) is 18.6. The highest BCUT2D eigenvalue weighted by Crippen LogP contribution is 2.23. The Hall–Kier alpha value is -1.98. The molecule has 1 saturated heterocycles. The van der Waals surface area contributed by atoms with Crippen molar-refractivity contribution in [3.05, 3.63) is 46.7 Å². The Morgan fingerprint density at radius 2 is 2.03 bits per heavy atom. The predicted molar refractivity (Wildman–Crippen MR) is 118 cm³/mol. The van der Waals surface area contributed by atoms with Crippen LogP contribution in [-0.4, -0.2) is 68.6 Å².